The Kier molecular flexibility index (Phi) is 7.32. The van der Waals surface area contributed by atoms with Crippen molar-refractivity contribution < 1.29 is 18.7 Å². The van der Waals surface area contributed by atoms with E-state index in [0.29, 0.717) is 30.7 Å². The number of hydrogen-bond donors (Lipinski definition) is 1. The maximum absolute atomic E-state index is 12.7. The van der Waals surface area contributed by atoms with E-state index in [2.05, 4.69) is 29.4 Å². The number of fused-ring (bicyclic) bond motifs is 1. The summed E-state index contributed by atoms with van der Waals surface area (Å²) in [5, 5.41) is 11.6. The van der Waals surface area contributed by atoms with Crippen molar-refractivity contribution in [1.29, 1.82) is 0 Å². The highest BCUT2D eigenvalue weighted by molar-refractivity contribution is 7.99. The van der Waals surface area contributed by atoms with Crippen LogP contribution >= 0.6 is 11.8 Å². The van der Waals surface area contributed by atoms with Crippen molar-refractivity contribution in [2.45, 2.75) is 38.0 Å². The second-order valence-electron chi connectivity index (χ2n) is 7.96. The molecule has 168 valence electrons. The number of thioether (sulfide) groups is 1. The smallest absolute Gasteiger partial charge is 0.277 e. The Hall–Kier alpha value is -3.00. The third-order valence-corrected chi connectivity index (χ3v) is 5.91. The predicted molar refractivity (Wildman–Crippen MR) is 122 cm³/mol. The van der Waals surface area contributed by atoms with E-state index >= 15 is 0 Å². The molecule has 32 heavy (non-hydrogen) atoms. The number of benzene rings is 2. The fraction of sp³-hybridized carbons (Fsp3) is 0.375. The van der Waals surface area contributed by atoms with E-state index in [1.54, 1.807) is 0 Å². The van der Waals surface area contributed by atoms with E-state index < -0.39 is 0 Å². The number of rotatable bonds is 8. The zero-order valence-electron chi connectivity index (χ0n) is 18.2. The zero-order valence-corrected chi connectivity index (χ0v) is 19.1. The summed E-state index contributed by atoms with van der Waals surface area (Å²) in [5.74, 6) is 2.31. The molecule has 1 N–H and O–H groups in total. The standard InChI is InChI=1S/C24H27N3O4S/c1-16(2)23(18-9-10-19-20(14-18)30-12-6-11-29-19)25-21(28)15-32-24-27-26-22(31-24)13-17-7-4-3-5-8-17/h3-5,7-10,14,16,23H,6,11-13,15H2,1-2H3,(H,25,28). The molecule has 0 aliphatic carbocycles. The molecule has 1 amide bonds. The first-order chi connectivity index (χ1) is 15.6. The highest BCUT2D eigenvalue weighted by Gasteiger charge is 2.21. The van der Waals surface area contributed by atoms with E-state index in [1.165, 1.54) is 11.8 Å². The van der Waals surface area contributed by atoms with Crippen molar-refractivity contribution >= 4 is 17.7 Å². The van der Waals surface area contributed by atoms with Gasteiger partial charge in [0, 0.05) is 6.42 Å². The summed E-state index contributed by atoms with van der Waals surface area (Å²) in [7, 11) is 0. The van der Waals surface area contributed by atoms with Gasteiger partial charge in [0.25, 0.3) is 5.22 Å². The number of hydrogen-bond acceptors (Lipinski definition) is 7. The monoisotopic (exact) mass is 453 g/mol. The molecule has 1 aliphatic rings. The van der Waals surface area contributed by atoms with Gasteiger partial charge in [0.2, 0.25) is 11.8 Å². The van der Waals surface area contributed by atoms with Crippen LogP contribution in [0, 0.1) is 5.92 Å². The molecule has 0 saturated carbocycles. The summed E-state index contributed by atoms with van der Waals surface area (Å²) >= 11 is 1.24. The highest BCUT2D eigenvalue weighted by atomic mass is 32.2. The Morgan fingerprint density at radius 1 is 1.06 bits per heavy atom. The highest BCUT2D eigenvalue weighted by Crippen LogP contribution is 2.34. The lowest BCUT2D eigenvalue weighted by atomic mass is 9.95. The summed E-state index contributed by atoms with van der Waals surface area (Å²) in [5.41, 5.74) is 2.09. The lowest BCUT2D eigenvalue weighted by Crippen LogP contribution is -2.33. The molecule has 3 aromatic rings. The van der Waals surface area contributed by atoms with Crippen LogP contribution < -0.4 is 14.8 Å². The maximum atomic E-state index is 12.7. The minimum atomic E-state index is -0.142. The number of aromatic nitrogens is 2. The van der Waals surface area contributed by atoms with Gasteiger partial charge >= 0.3 is 0 Å². The third kappa shape index (κ3) is 5.82. The Labute approximate surface area is 191 Å². The van der Waals surface area contributed by atoms with Gasteiger partial charge in [-0.05, 0) is 29.2 Å². The van der Waals surface area contributed by atoms with Gasteiger partial charge in [-0.3, -0.25) is 4.79 Å². The minimum Gasteiger partial charge on any atom is -0.490 e. The summed E-state index contributed by atoms with van der Waals surface area (Å²) in [6, 6.07) is 15.7. The van der Waals surface area contributed by atoms with Gasteiger partial charge in [0.1, 0.15) is 0 Å². The number of amides is 1. The SMILES string of the molecule is CC(C)C(NC(=O)CSc1nnc(Cc2ccccc2)o1)c1ccc2c(c1)OCCCO2. The van der Waals surface area contributed by atoms with E-state index in [1.807, 2.05) is 48.5 Å². The Balaban J connectivity index is 1.34. The van der Waals surface area contributed by atoms with Crippen LogP contribution in [0.2, 0.25) is 0 Å². The minimum absolute atomic E-state index is 0.0939. The Morgan fingerprint density at radius 3 is 2.62 bits per heavy atom. The molecule has 8 heteroatoms. The van der Waals surface area contributed by atoms with Gasteiger partial charge in [-0.1, -0.05) is 62.0 Å². The van der Waals surface area contributed by atoms with Crippen LogP contribution in [0.3, 0.4) is 0 Å². The zero-order chi connectivity index (χ0) is 22.3. The van der Waals surface area contributed by atoms with E-state index in [0.717, 1.165) is 29.0 Å². The van der Waals surface area contributed by atoms with Crippen molar-refractivity contribution in [1.82, 2.24) is 15.5 Å². The summed E-state index contributed by atoms with van der Waals surface area (Å²) in [6.07, 6.45) is 1.43. The molecule has 1 atom stereocenters. The van der Waals surface area contributed by atoms with Crippen LogP contribution in [0.25, 0.3) is 0 Å². The molecule has 7 nitrogen and oxygen atoms in total. The van der Waals surface area contributed by atoms with Crippen molar-refractivity contribution in [2.75, 3.05) is 19.0 Å². The molecule has 1 unspecified atom stereocenters. The summed E-state index contributed by atoms with van der Waals surface area (Å²) < 4.78 is 17.2. The molecule has 0 fully saturated rings. The second kappa shape index (κ2) is 10.5. The quantitative estimate of drug-likeness (QED) is 0.505. The average molecular weight is 454 g/mol. The Morgan fingerprint density at radius 2 is 1.84 bits per heavy atom. The van der Waals surface area contributed by atoms with Crippen LogP contribution in [0.4, 0.5) is 0 Å². The van der Waals surface area contributed by atoms with E-state index in [4.69, 9.17) is 13.9 Å². The number of ether oxygens (including phenoxy) is 2. The van der Waals surface area contributed by atoms with Gasteiger partial charge < -0.3 is 19.2 Å². The van der Waals surface area contributed by atoms with Gasteiger partial charge in [0.05, 0.1) is 31.4 Å². The second-order valence-corrected chi connectivity index (χ2v) is 8.89. The topological polar surface area (TPSA) is 86.5 Å². The fourth-order valence-corrected chi connectivity index (χ4v) is 4.08. The molecule has 2 aromatic carbocycles. The third-order valence-electron chi connectivity index (χ3n) is 5.09. The van der Waals surface area contributed by atoms with Crippen molar-refractivity contribution in [3.8, 4) is 11.5 Å². The molecule has 1 aliphatic heterocycles. The first kappa shape index (κ1) is 22.2. The molecule has 0 radical (unpaired) electrons. The van der Waals surface area contributed by atoms with Crippen molar-refractivity contribution in [3.05, 3.63) is 65.5 Å². The lowest BCUT2D eigenvalue weighted by Gasteiger charge is -2.23. The van der Waals surface area contributed by atoms with Gasteiger partial charge in [-0.25, -0.2) is 0 Å². The average Bonchev–Trinajstić information content (AvgIpc) is 3.10. The lowest BCUT2D eigenvalue weighted by molar-refractivity contribution is -0.119. The van der Waals surface area contributed by atoms with Gasteiger partial charge in [0.15, 0.2) is 11.5 Å². The maximum Gasteiger partial charge on any atom is 0.277 e. The van der Waals surface area contributed by atoms with E-state index in [9.17, 15) is 4.79 Å². The first-order valence-electron chi connectivity index (χ1n) is 10.8. The Bertz CT molecular complexity index is 1040. The fourth-order valence-electron chi connectivity index (χ4n) is 3.49. The molecule has 0 spiro atoms. The van der Waals surface area contributed by atoms with Crippen LogP contribution in [0.15, 0.2) is 58.2 Å². The molecular formula is C24H27N3O4S. The molecule has 4 rings (SSSR count). The molecule has 0 bridgehead atoms. The predicted octanol–water partition coefficient (Wildman–Crippen LogP) is 4.43. The largest absolute Gasteiger partial charge is 0.490 e. The number of carbonyl (C=O) groups is 1. The van der Waals surface area contributed by atoms with Gasteiger partial charge in [-0.15, -0.1) is 10.2 Å². The van der Waals surface area contributed by atoms with Crippen molar-refractivity contribution in [3.63, 3.8) is 0 Å². The summed E-state index contributed by atoms with van der Waals surface area (Å²) in [6.45, 7) is 5.43. The van der Waals surface area contributed by atoms with Crippen LogP contribution in [-0.4, -0.2) is 35.1 Å². The van der Waals surface area contributed by atoms with Gasteiger partial charge in [-0.2, -0.15) is 0 Å². The molecule has 0 saturated heterocycles. The number of nitrogens with zero attached hydrogens (tertiary/aromatic N) is 2. The summed E-state index contributed by atoms with van der Waals surface area (Å²) in [4.78, 5) is 12.7. The van der Waals surface area contributed by atoms with Crippen LogP contribution in [-0.2, 0) is 11.2 Å². The number of carbonyl (C=O) groups excluding carboxylic acids is 1. The molecule has 2 heterocycles. The first-order valence-corrected chi connectivity index (χ1v) is 11.7. The van der Waals surface area contributed by atoms with Crippen LogP contribution in [0.1, 0.15) is 43.3 Å². The number of nitrogens with one attached hydrogen (secondary N) is 1. The van der Waals surface area contributed by atoms with Crippen molar-refractivity contribution in [2.24, 2.45) is 5.92 Å². The molecular weight excluding hydrogens is 426 g/mol. The van der Waals surface area contributed by atoms with Crippen LogP contribution in [0.5, 0.6) is 11.5 Å². The van der Waals surface area contributed by atoms with E-state index in [-0.39, 0.29) is 23.6 Å². The molecule has 1 aromatic heterocycles. The normalized spacial score (nSPS) is 14.1.